The van der Waals surface area contributed by atoms with Crippen LogP contribution in [0, 0.1) is 18.3 Å². The highest BCUT2D eigenvalue weighted by atomic mass is 14.2. The zero-order chi connectivity index (χ0) is 14.7. The van der Waals surface area contributed by atoms with Crippen LogP contribution in [0.5, 0.6) is 0 Å². The maximum absolute atomic E-state index is 8.87. The quantitative estimate of drug-likeness (QED) is 0.627. The average molecular weight is 269 g/mol. The van der Waals surface area contributed by atoms with Crippen molar-refractivity contribution >= 4 is 0 Å². The highest BCUT2D eigenvalue weighted by molar-refractivity contribution is 5.73. The summed E-state index contributed by atoms with van der Waals surface area (Å²) in [6.45, 7) is 2.11. The summed E-state index contributed by atoms with van der Waals surface area (Å²) in [4.78, 5) is 0. The van der Waals surface area contributed by atoms with Crippen LogP contribution in [0.1, 0.15) is 11.1 Å². The number of hydrogen-bond acceptors (Lipinski definition) is 1. The second-order valence-electron chi connectivity index (χ2n) is 5.14. The van der Waals surface area contributed by atoms with Crippen LogP contribution in [0.15, 0.2) is 72.8 Å². The number of aryl methyl sites for hydroxylation is 1. The summed E-state index contributed by atoms with van der Waals surface area (Å²) in [5.41, 5.74) is 6.68. The Labute approximate surface area is 125 Å². The normalized spacial score (nSPS) is 10.1. The molecule has 0 aliphatic carbocycles. The molecular weight excluding hydrogens is 254 g/mol. The Morgan fingerprint density at radius 3 is 1.86 bits per heavy atom. The molecule has 0 atom stereocenters. The molecule has 0 N–H and O–H groups in total. The molecule has 1 nitrogen and oxygen atoms in total. The average Bonchev–Trinajstić information content (AvgIpc) is 2.55. The fraction of sp³-hybridized carbons (Fsp3) is 0.0500. The molecule has 0 aromatic heterocycles. The first-order valence-electron chi connectivity index (χ1n) is 6.94. The largest absolute Gasteiger partial charge is 0.192 e. The third kappa shape index (κ3) is 2.85. The van der Waals surface area contributed by atoms with E-state index in [2.05, 4.69) is 61.5 Å². The Morgan fingerprint density at radius 1 is 0.667 bits per heavy atom. The van der Waals surface area contributed by atoms with Crippen molar-refractivity contribution in [2.75, 3.05) is 0 Å². The van der Waals surface area contributed by atoms with Crippen LogP contribution in [-0.2, 0) is 0 Å². The molecule has 100 valence electrons. The van der Waals surface area contributed by atoms with Gasteiger partial charge in [0.15, 0.2) is 0 Å². The molecule has 0 saturated carbocycles. The van der Waals surface area contributed by atoms with Gasteiger partial charge < -0.3 is 0 Å². The van der Waals surface area contributed by atoms with Gasteiger partial charge in [0.1, 0.15) is 0 Å². The molecule has 3 aromatic carbocycles. The smallest absolute Gasteiger partial charge is 0.0991 e. The van der Waals surface area contributed by atoms with Gasteiger partial charge in [-0.05, 0) is 47.4 Å². The molecule has 1 heteroatoms. The topological polar surface area (TPSA) is 23.8 Å². The lowest BCUT2D eigenvalue weighted by Gasteiger charge is -2.07. The zero-order valence-corrected chi connectivity index (χ0v) is 11.9. The summed E-state index contributed by atoms with van der Waals surface area (Å²) in [5, 5.41) is 8.87. The summed E-state index contributed by atoms with van der Waals surface area (Å²) in [7, 11) is 0. The molecule has 3 aromatic rings. The summed E-state index contributed by atoms with van der Waals surface area (Å²) in [6, 6.07) is 26.8. The molecule has 3 rings (SSSR count). The van der Waals surface area contributed by atoms with Crippen LogP contribution >= 0.6 is 0 Å². The molecule has 0 heterocycles. The van der Waals surface area contributed by atoms with Gasteiger partial charge in [-0.3, -0.25) is 0 Å². The van der Waals surface area contributed by atoms with Crippen LogP contribution in [0.25, 0.3) is 22.3 Å². The Kier molecular flexibility index (Phi) is 3.53. The monoisotopic (exact) mass is 269 g/mol. The van der Waals surface area contributed by atoms with Gasteiger partial charge in [0.05, 0.1) is 11.6 Å². The third-order valence-corrected chi connectivity index (χ3v) is 3.56. The van der Waals surface area contributed by atoms with Crippen LogP contribution in [0.3, 0.4) is 0 Å². The van der Waals surface area contributed by atoms with E-state index >= 15 is 0 Å². The van der Waals surface area contributed by atoms with Gasteiger partial charge in [-0.15, -0.1) is 0 Å². The van der Waals surface area contributed by atoms with Crippen molar-refractivity contribution in [1.82, 2.24) is 0 Å². The van der Waals surface area contributed by atoms with Crippen LogP contribution in [-0.4, -0.2) is 0 Å². The van der Waals surface area contributed by atoms with Crippen molar-refractivity contribution in [2.24, 2.45) is 0 Å². The van der Waals surface area contributed by atoms with Gasteiger partial charge in [-0.25, -0.2) is 0 Å². The van der Waals surface area contributed by atoms with E-state index in [0.717, 1.165) is 5.56 Å². The van der Waals surface area contributed by atoms with Crippen molar-refractivity contribution in [1.29, 1.82) is 5.26 Å². The van der Waals surface area contributed by atoms with Gasteiger partial charge in [-0.2, -0.15) is 5.26 Å². The minimum absolute atomic E-state index is 0.689. The molecule has 0 aliphatic heterocycles. The Bertz CT molecular complexity index is 808. The van der Waals surface area contributed by atoms with Gasteiger partial charge in [-0.1, -0.05) is 60.2 Å². The molecule has 0 spiro atoms. The minimum atomic E-state index is 0.689. The highest BCUT2D eigenvalue weighted by Gasteiger charge is 2.02. The van der Waals surface area contributed by atoms with E-state index < -0.39 is 0 Å². The number of hydrogen-bond donors (Lipinski definition) is 0. The van der Waals surface area contributed by atoms with Gasteiger partial charge >= 0.3 is 0 Å². The highest BCUT2D eigenvalue weighted by Crippen LogP contribution is 2.27. The number of benzene rings is 3. The number of nitrogens with zero attached hydrogens (tertiary/aromatic N) is 1. The predicted molar refractivity (Wildman–Crippen MR) is 86.8 cm³/mol. The van der Waals surface area contributed by atoms with Crippen molar-refractivity contribution in [3.8, 4) is 28.3 Å². The molecular formula is C20H15N. The second kappa shape index (κ2) is 5.64. The first-order valence-corrected chi connectivity index (χ1v) is 6.94. The summed E-state index contributed by atoms with van der Waals surface area (Å²) < 4.78 is 0. The van der Waals surface area contributed by atoms with Gasteiger partial charge in [0.2, 0.25) is 0 Å². The standard InChI is InChI=1S/C20H15N/c1-15-4-2-5-18(12-15)20-7-3-6-19(13-20)17-10-8-16(14-21)9-11-17/h2-13H,1H3. The lowest BCUT2D eigenvalue weighted by Crippen LogP contribution is -1.83. The lowest BCUT2D eigenvalue weighted by molar-refractivity contribution is 1.46. The molecule has 0 unspecified atom stereocenters. The fourth-order valence-electron chi connectivity index (χ4n) is 2.44. The molecule has 0 bridgehead atoms. The maximum Gasteiger partial charge on any atom is 0.0991 e. The van der Waals surface area contributed by atoms with Gasteiger partial charge in [0, 0.05) is 0 Å². The fourth-order valence-corrected chi connectivity index (χ4v) is 2.44. The van der Waals surface area contributed by atoms with Crippen molar-refractivity contribution in [2.45, 2.75) is 6.92 Å². The predicted octanol–water partition coefficient (Wildman–Crippen LogP) is 5.20. The molecule has 0 aliphatic rings. The first kappa shape index (κ1) is 13.1. The SMILES string of the molecule is Cc1cccc(-c2cccc(-c3ccc(C#N)cc3)c2)c1. The van der Waals surface area contributed by atoms with E-state index in [1.807, 2.05) is 24.3 Å². The van der Waals surface area contributed by atoms with Crippen LogP contribution < -0.4 is 0 Å². The Hall–Kier alpha value is -2.85. The summed E-state index contributed by atoms with van der Waals surface area (Å²) >= 11 is 0. The van der Waals surface area contributed by atoms with E-state index in [1.165, 1.54) is 22.3 Å². The molecule has 21 heavy (non-hydrogen) atoms. The van der Waals surface area contributed by atoms with E-state index in [0.29, 0.717) is 5.56 Å². The van der Waals surface area contributed by atoms with Crippen molar-refractivity contribution in [3.05, 3.63) is 83.9 Å². The van der Waals surface area contributed by atoms with Crippen LogP contribution in [0.4, 0.5) is 0 Å². The van der Waals surface area contributed by atoms with Gasteiger partial charge in [0.25, 0.3) is 0 Å². The molecule has 0 radical (unpaired) electrons. The Balaban J connectivity index is 2.01. The maximum atomic E-state index is 8.87. The summed E-state index contributed by atoms with van der Waals surface area (Å²) in [6.07, 6.45) is 0. The van der Waals surface area contributed by atoms with Crippen molar-refractivity contribution < 1.29 is 0 Å². The number of nitriles is 1. The van der Waals surface area contributed by atoms with E-state index in [4.69, 9.17) is 5.26 Å². The molecule has 0 amide bonds. The number of rotatable bonds is 2. The third-order valence-electron chi connectivity index (χ3n) is 3.56. The molecule has 0 saturated heterocycles. The lowest BCUT2D eigenvalue weighted by atomic mass is 9.98. The molecule has 0 fully saturated rings. The zero-order valence-electron chi connectivity index (χ0n) is 11.9. The first-order chi connectivity index (χ1) is 10.3. The van der Waals surface area contributed by atoms with E-state index in [-0.39, 0.29) is 0 Å². The van der Waals surface area contributed by atoms with E-state index in [9.17, 15) is 0 Å². The minimum Gasteiger partial charge on any atom is -0.192 e. The van der Waals surface area contributed by atoms with Crippen molar-refractivity contribution in [3.63, 3.8) is 0 Å². The van der Waals surface area contributed by atoms with E-state index in [1.54, 1.807) is 0 Å². The Morgan fingerprint density at radius 2 is 1.24 bits per heavy atom. The summed E-state index contributed by atoms with van der Waals surface area (Å²) in [5.74, 6) is 0. The second-order valence-corrected chi connectivity index (χ2v) is 5.14. The van der Waals surface area contributed by atoms with Crippen LogP contribution in [0.2, 0.25) is 0 Å².